The minimum atomic E-state index is 0.0519. The molecule has 2 aliphatic rings. The summed E-state index contributed by atoms with van der Waals surface area (Å²) in [6.07, 6.45) is 9.86. The number of hydrogen-bond donors (Lipinski definition) is 1. The number of carbonyl (C=O) groups is 1. The zero-order valence-electron chi connectivity index (χ0n) is 19.3. The minimum absolute atomic E-state index is 0.0519. The first-order chi connectivity index (χ1) is 16.0. The highest BCUT2D eigenvalue weighted by atomic mass is 16.2. The van der Waals surface area contributed by atoms with Crippen LogP contribution in [0.1, 0.15) is 37.3 Å². The van der Waals surface area contributed by atoms with Gasteiger partial charge in [-0.15, -0.1) is 0 Å². The zero-order valence-corrected chi connectivity index (χ0v) is 19.3. The molecule has 1 aliphatic heterocycles. The van der Waals surface area contributed by atoms with Gasteiger partial charge < -0.3 is 10.6 Å². The number of likely N-dealkylation sites (tertiary alicyclic amines) is 1. The summed E-state index contributed by atoms with van der Waals surface area (Å²) in [6.45, 7) is 4.18. The van der Waals surface area contributed by atoms with Crippen molar-refractivity contribution in [2.24, 2.45) is 0 Å². The number of carbonyl (C=O) groups excluding carboxylic acids is 1. The predicted octanol–water partition coefficient (Wildman–Crippen LogP) is 3.20. The van der Waals surface area contributed by atoms with Crippen LogP contribution in [0.4, 0.5) is 5.82 Å². The van der Waals surface area contributed by atoms with E-state index in [9.17, 15) is 4.79 Å². The lowest BCUT2D eigenvalue weighted by Crippen LogP contribution is -2.37. The van der Waals surface area contributed by atoms with Crippen LogP contribution in [0.25, 0.3) is 22.3 Å². The Morgan fingerprint density at radius 1 is 1.21 bits per heavy atom. The quantitative estimate of drug-likeness (QED) is 0.586. The molecule has 2 N–H and O–H groups in total. The van der Waals surface area contributed by atoms with Crippen molar-refractivity contribution in [2.45, 2.75) is 44.7 Å². The topological polar surface area (TPSA) is 93.2 Å². The number of benzene rings is 1. The van der Waals surface area contributed by atoms with Crippen LogP contribution in [-0.2, 0) is 4.79 Å². The molecule has 3 heterocycles. The molecule has 0 spiro atoms. The van der Waals surface area contributed by atoms with Gasteiger partial charge >= 0.3 is 0 Å². The van der Waals surface area contributed by atoms with Crippen molar-refractivity contribution in [3.05, 3.63) is 48.3 Å². The lowest BCUT2D eigenvalue weighted by molar-refractivity contribution is -0.125. The van der Waals surface area contributed by atoms with Crippen molar-refractivity contribution in [3.63, 3.8) is 0 Å². The summed E-state index contributed by atoms with van der Waals surface area (Å²) in [5.41, 5.74) is 9.91. The summed E-state index contributed by atoms with van der Waals surface area (Å²) >= 11 is 0. The molecule has 8 nitrogen and oxygen atoms in total. The number of aromatic nitrogens is 4. The van der Waals surface area contributed by atoms with E-state index in [1.54, 1.807) is 6.08 Å². The Morgan fingerprint density at radius 2 is 2.00 bits per heavy atom. The zero-order chi connectivity index (χ0) is 22.9. The molecular formula is C25H31N7O. The van der Waals surface area contributed by atoms with E-state index in [0.717, 1.165) is 35.3 Å². The molecule has 1 aromatic carbocycles. The van der Waals surface area contributed by atoms with Crippen molar-refractivity contribution in [3.8, 4) is 11.3 Å². The van der Waals surface area contributed by atoms with E-state index >= 15 is 0 Å². The summed E-state index contributed by atoms with van der Waals surface area (Å²) in [5.74, 6) is 0.482. The molecular weight excluding hydrogens is 414 g/mol. The summed E-state index contributed by atoms with van der Waals surface area (Å²) in [4.78, 5) is 25.7. The van der Waals surface area contributed by atoms with Crippen LogP contribution in [0.15, 0.2) is 42.7 Å². The minimum Gasteiger partial charge on any atom is -0.383 e. The number of fused-ring (bicyclic) bond motifs is 1. The largest absolute Gasteiger partial charge is 0.383 e. The van der Waals surface area contributed by atoms with E-state index in [2.05, 4.69) is 41.0 Å². The number of hydrogen-bond acceptors (Lipinski definition) is 6. The third kappa shape index (κ3) is 4.23. The first kappa shape index (κ1) is 21.6. The van der Waals surface area contributed by atoms with Crippen LogP contribution < -0.4 is 5.73 Å². The molecule has 2 aromatic heterocycles. The van der Waals surface area contributed by atoms with Gasteiger partial charge in [0, 0.05) is 37.3 Å². The van der Waals surface area contributed by atoms with E-state index in [4.69, 9.17) is 10.8 Å². The number of nitrogens with zero attached hydrogens (tertiary/aromatic N) is 6. The van der Waals surface area contributed by atoms with Gasteiger partial charge in [-0.3, -0.25) is 9.69 Å². The summed E-state index contributed by atoms with van der Waals surface area (Å²) in [5, 5.41) is 5.69. The Bertz CT molecular complexity index is 1180. The average molecular weight is 446 g/mol. The standard InChI is InChI=1S/C25H31N7O/c1-17-8-10-18(11-9-17)23-22-24(26)27-16-28-25(22)32(29-23)20-12-14-31(15-20)21(33)7-4-13-30(2)19-5-3-6-19/h4,7-11,16,19-20H,3,5-6,12-15H2,1-2H3,(H2,26,27,28)/b7-4+/t20-/m1/s1. The lowest BCUT2D eigenvalue weighted by atomic mass is 9.92. The molecule has 0 radical (unpaired) electrons. The molecule has 5 rings (SSSR count). The Morgan fingerprint density at radius 3 is 2.73 bits per heavy atom. The second-order valence-electron chi connectivity index (χ2n) is 9.27. The van der Waals surface area contributed by atoms with E-state index in [1.165, 1.54) is 31.2 Å². The summed E-state index contributed by atoms with van der Waals surface area (Å²) in [6, 6.07) is 8.94. The van der Waals surface area contributed by atoms with Crippen LogP contribution in [0, 0.1) is 6.92 Å². The fourth-order valence-electron chi connectivity index (χ4n) is 4.71. The number of anilines is 1. The summed E-state index contributed by atoms with van der Waals surface area (Å²) in [7, 11) is 2.13. The molecule has 1 aliphatic carbocycles. The second-order valence-corrected chi connectivity index (χ2v) is 9.27. The highest BCUT2D eigenvalue weighted by Gasteiger charge is 2.30. The van der Waals surface area contributed by atoms with Gasteiger partial charge in [0.2, 0.25) is 5.91 Å². The van der Waals surface area contributed by atoms with Crippen molar-refractivity contribution in [1.29, 1.82) is 0 Å². The number of nitrogens with two attached hydrogens (primary N) is 1. The number of likely N-dealkylation sites (N-methyl/N-ethyl adjacent to an activating group) is 1. The fraction of sp³-hybridized carbons (Fsp3) is 0.440. The van der Waals surface area contributed by atoms with Crippen molar-refractivity contribution in [2.75, 3.05) is 32.4 Å². The maximum Gasteiger partial charge on any atom is 0.246 e. The van der Waals surface area contributed by atoms with Gasteiger partial charge in [0.15, 0.2) is 5.65 Å². The average Bonchev–Trinajstić information content (AvgIpc) is 3.39. The maximum absolute atomic E-state index is 12.8. The lowest BCUT2D eigenvalue weighted by Gasteiger charge is -2.33. The predicted molar refractivity (Wildman–Crippen MR) is 130 cm³/mol. The van der Waals surface area contributed by atoms with Gasteiger partial charge in [0.1, 0.15) is 17.8 Å². The molecule has 1 amide bonds. The SMILES string of the molecule is Cc1ccc(-c2nn([C@@H]3CCN(C(=O)/C=C/CN(C)C4CCC4)C3)c3ncnc(N)c23)cc1. The van der Waals surface area contributed by atoms with Gasteiger partial charge in [0.25, 0.3) is 0 Å². The molecule has 8 heteroatoms. The van der Waals surface area contributed by atoms with Gasteiger partial charge in [-0.1, -0.05) is 42.3 Å². The van der Waals surface area contributed by atoms with Crippen LogP contribution in [0.5, 0.6) is 0 Å². The first-order valence-corrected chi connectivity index (χ1v) is 11.7. The van der Waals surface area contributed by atoms with E-state index in [1.807, 2.05) is 27.8 Å². The maximum atomic E-state index is 12.8. The highest BCUT2D eigenvalue weighted by molar-refractivity contribution is 5.98. The molecule has 1 atom stereocenters. The van der Waals surface area contributed by atoms with Crippen molar-refractivity contribution >= 4 is 22.8 Å². The number of aryl methyl sites for hydroxylation is 1. The van der Waals surface area contributed by atoms with Gasteiger partial charge in [0.05, 0.1) is 11.4 Å². The number of nitrogen functional groups attached to an aromatic ring is 1. The van der Waals surface area contributed by atoms with E-state index in [0.29, 0.717) is 24.9 Å². The van der Waals surface area contributed by atoms with E-state index < -0.39 is 0 Å². The second kappa shape index (κ2) is 8.94. The molecule has 0 bridgehead atoms. The third-order valence-electron chi connectivity index (χ3n) is 7.02. The van der Waals surface area contributed by atoms with Crippen LogP contribution in [0.3, 0.4) is 0 Å². The van der Waals surface area contributed by atoms with Gasteiger partial charge in [-0.2, -0.15) is 5.10 Å². The molecule has 2 fully saturated rings. The van der Waals surface area contributed by atoms with Crippen LogP contribution >= 0.6 is 0 Å². The van der Waals surface area contributed by atoms with Crippen LogP contribution in [0.2, 0.25) is 0 Å². The Labute approximate surface area is 194 Å². The fourth-order valence-corrected chi connectivity index (χ4v) is 4.71. The Kier molecular flexibility index (Phi) is 5.85. The van der Waals surface area contributed by atoms with Crippen molar-refractivity contribution < 1.29 is 4.79 Å². The normalized spacial score (nSPS) is 19.1. The summed E-state index contributed by atoms with van der Waals surface area (Å²) < 4.78 is 1.93. The third-order valence-corrected chi connectivity index (χ3v) is 7.02. The number of amides is 1. The molecule has 1 saturated carbocycles. The monoisotopic (exact) mass is 445 g/mol. The first-order valence-electron chi connectivity index (χ1n) is 11.7. The number of rotatable bonds is 6. The molecule has 0 unspecified atom stereocenters. The molecule has 3 aromatic rings. The smallest absolute Gasteiger partial charge is 0.246 e. The Hall–Kier alpha value is -3.26. The van der Waals surface area contributed by atoms with Gasteiger partial charge in [-0.25, -0.2) is 14.6 Å². The molecule has 172 valence electrons. The van der Waals surface area contributed by atoms with Gasteiger partial charge in [-0.05, 0) is 33.2 Å². The molecule has 33 heavy (non-hydrogen) atoms. The molecule has 1 saturated heterocycles. The van der Waals surface area contributed by atoms with Crippen molar-refractivity contribution in [1.82, 2.24) is 29.5 Å². The highest BCUT2D eigenvalue weighted by Crippen LogP contribution is 2.34. The van der Waals surface area contributed by atoms with Crippen LogP contribution in [-0.4, -0.2) is 68.2 Å². The Balaban J connectivity index is 1.34. The van der Waals surface area contributed by atoms with E-state index in [-0.39, 0.29) is 11.9 Å².